The number of ketones is 1. The number of rotatable bonds is 5. The highest BCUT2D eigenvalue weighted by Crippen LogP contribution is 2.16. The lowest BCUT2D eigenvalue weighted by Crippen LogP contribution is -2.31. The molecule has 0 amide bonds. The Bertz CT molecular complexity index is 848. The first-order chi connectivity index (χ1) is 11.1. The van der Waals surface area contributed by atoms with Gasteiger partial charge in [-0.3, -0.25) is 4.79 Å². The minimum absolute atomic E-state index is 0.0949. The molecule has 1 aromatic heterocycles. The summed E-state index contributed by atoms with van der Waals surface area (Å²) in [4.78, 5) is 12.6. The van der Waals surface area contributed by atoms with Crippen LogP contribution in [0.5, 0.6) is 5.75 Å². The van der Waals surface area contributed by atoms with Crippen molar-refractivity contribution in [2.45, 2.75) is 20.4 Å². The first-order valence-electron chi connectivity index (χ1n) is 7.81. The van der Waals surface area contributed by atoms with Crippen molar-refractivity contribution in [3.05, 3.63) is 59.9 Å². The number of ether oxygens (including phenoxy) is 1. The summed E-state index contributed by atoms with van der Waals surface area (Å²) in [5.41, 5.74) is 2.91. The van der Waals surface area contributed by atoms with Gasteiger partial charge in [0.25, 0.3) is 5.82 Å². The molecule has 4 heteroatoms. The molecule has 0 spiro atoms. The van der Waals surface area contributed by atoms with Gasteiger partial charge in [0, 0.05) is 12.5 Å². The number of hydrogen-bond donors (Lipinski definition) is 0. The molecule has 3 aromatic rings. The zero-order valence-electron chi connectivity index (χ0n) is 13.7. The van der Waals surface area contributed by atoms with E-state index in [2.05, 4.69) is 15.2 Å². The molecule has 0 saturated carbocycles. The van der Waals surface area contributed by atoms with Crippen LogP contribution in [0.2, 0.25) is 0 Å². The normalized spacial score (nSPS) is 10.9. The third kappa shape index (κ3) is 2.84. The maximum atomic E-state index is 12.6. The van der Waals surface area contributed by atoms with Crippen molar-refractivity contribution < 1.29 is 14.1 Å². The van der Waals surface area contributed by atoms with Crippen molar-refractivity contribution in [1.29, 1.82) is 0 Å². The Morgan fingerprint density at radius 2 is 1.83 bits per heavy atom. The van der Waals surface area contributed by atoms with Gasteiger partial charge in [-0.1, -0.05) is 12.1 Å². The van der Waals surface area contributed by atoms with Gasteiger partial charge in [0.15, 0.2) is 17.6 Å². The number of hydrogen-bond acceptors (Lipinski definition) is 2. The van der Waals surface area contributed by atoms with Crippen LogP contribution in [-0.4, -0.2) is 17.0 Å². The number of Topliss-reactive ketones (excluding diaryl/α,β-unsaturated/α-hetero) is 1. The van der Waals surface area contributed by atoms with Gasteiger partial charge in [0.2, 0.25) is 5.78 Å². The second kappa shape index (κ2) is 6.24. The van der Waals surface area contributed by atoms with E-state index in [4.69, 9.17) is 4.74 Å². The molecule has 2 aromatic carbocycles. The van der Waals surface area contributed by atoms with Crippen LogP contribution in [0.15, 0.2) is 48.5 Å². The monoisotopic (exact) mass is 309 g/mol. The second-order valence-corrected chi connectivity index (χ2v) is 5.56. The number of carbonyl (C=O) groups excluding carboxylic acids is 1. The average molecular weight is 309 g/mol. The van der Waals surface area contributed by atoms with E-state index in [9.17, 15) is 4.79 Å². The Hall–Kier alpha value is -2.62. The van der Waals surface area contributed by atoms with Crippen molar-refractivity contribution >= 4 is 16.8 Å². The Morgan fingerprint density at radius 1 is 1.13 bits per heavy atom. The summed E-state index contributed by atoms with van der Waals surface area (Å²) in [6.45, 7) is 4.93. The van der Waals surface area contributed by atoms with Crippen LogP contribution in [0.25, 0.3) is 11.0 Å². The number of imidazole rings is 1. The predicted octanol–water partition coefficient (Wildman–Crippen LogP) is 3.06. The molecular weight excluding hydrogens is 288 g/mol. The fraction of sp³-hybridized carbons (Fsp3) is 0.263. The molecule has 4 nitrogen and oxygen atoms in total. The van der Waals surface area contributed by atoms with Gasteiger partial charge >= 0.3 is 0 Å². The Balaban J connectivity index is 1.90. The quantitative estimate of drug-likeness (QED) is 0.536. The second-order valence-electron chi connectivity index (χ2n) is 5.56. The number of nitrogens with zero attached hydrogens (tertiary/aromatic N) is 2. The van der Waals surface area contributed by atoms with E-state index in [1.165, 1.54) is 0 Å². The fourth-order valence-corrected chi connectivity index (χ4v) is 2.84. The largest absolute Gasteiger partial charge is 0.494 e. The summed E-state index contributed by atoms with van der Waals surface area (Å²) in [5, 5.41) is 0. The molecule has 0 unspecified atom stereocenters. The molecule has 118 valence electrons. The smallest absolute Gasteiger partial charge is 0.254 e. The highest BCUT2D eigenvalue weighted by Gasteiger charge is 2.21. The standard InChI is InChI=1S/C19H21N2O2/c1-4-23-16-11-9-15(10-12-16)19(22)13-21-14(2)20(3)17-7-5-6-8-18(17)21/h5-12H,4,13H2,1-3H3/q+1. The van der Waals surface area contributed by atoms with Crippen LogP contribution in [0.4, 0.5) is 0 Å². The maximum Gasteiger partial charge on any atom is 0.254 e. The molecule has 0 radical (unpaired) electrons. The number of benzene rings is 2. The van der Waals surface area contributed by atoms with Crippen LogP contribution in [-0.2, 0) is 13.6 Å². The minimum Gasteiger partial charge on any atom is -0.494 e. The van der Waals surface area contributed by atoms with Gasteiger partial charge in [0.1, 0.15) is 5.75 Å². The highest BCUT2D eigenvalue weighted by molar-refractivity contribution is 5.96. The Kier molecular flexibility index (Phi) is 4.15. The molecular formula is C19H21N2O2+. The van der Waals surface area contributed by atoms with E-state index in [0.29, 0.717) is 18.7 Å². The summed E-state index contributed by atoms with van der Waals surface area (Å²) >= 11 is 0. The van der Waals surface area contributed by atoms with Gasteiger partial charge in [-0.2, -0.15) is 0 Å². The summed E-state index contributed by atoms with van der Waals surface area (Å²) in [6, 6.07) is 15.5. The summed E-state index contributed by atoms with van der Waals surface area (Å²) in [5.74, 6) is 1.95. The first kappa shape index (κ1) is 15.3. The first-order valence-corrected chi connectivity index (χ1v) is 7.81. The van der Waals surface area contributed by atoms with E-state index < -0.39 is 0 Å². The van der Waals surface area contributed by atoms with Gasteiger partial charge in [-0.05, 0) is 43.3 Å². The number of aryl methyl sites for hydroxylation is 1. The molecule has 23 heavy (non-hydrogen) atoms. The van der Waals surface area contributed by atoms with Crippen molar-refractivity contribution in [3.63, 3.8) is 0 Å². The number of fused-ring (bicyclic) bond motifs is 1. The van der Waals surface area contributed by atoms with Crippen molar-refractivity contribution in [3.8, 4) is 5.75 Å². The Morgan fingerprint density at radius 3 is 2.52 bits per heavy atom. The van der Waals surface area contributed by atoms with Gasteiger partial charge in [0.05, 0.1) is 13.7 Å². The van der Waals surface area contributed by atoms with Crippen LogP contribution in [0.3, 0.4) is 0 Å². The maximum absolute atomic E-state index is 12.6. The van der Waals surface area contributed by atoms with Crippen molar-refractivity contribution in [2.24, 2.45) is 7.05 Å². The number of para-hydroxylation sites is 2. The SMILES string of the molecule is CCOc1ccc(C(=O)Cn2c(C)[n+](C)c3ccccc32)cc1. The van der Waals surface area contributed by atoms with Gasteiger partial charge in [-0.15, -0.1) is 0 Å². The van der Waals surface area contributed by atoms with Gasteiger partial charge < -0.3 is 4.74 Å². The summed E-state index contributed by atoms with van der Waals surface area (Å²) in [6.07, 6.45) is 0. The number of carbonyl (C=O) groups is 1. The summed E-state index contributed by atoms with van der Waals surface area (Å²) in [7, 11) is 2.02. The molecule has 0 N–H and O–H groups in total. The van der Waals surface area contributed by atoms with Crippen LogP contribution in [0.1, 0.15) is 23.1 Å². The van der Waals surface area contributed by atoms with Crippen molar-refractivity contribution in [2.75, 3.05) is 6.61 Å². The molecule has 0 aliphatic carbocycles. The van der Waals surface area contributed by atoms with E-state index in [1.807, 2.05) is 63.4 Å². The molecule has 3 rings (SSSR count). The third-order valence-corrected chi connectivity index (χ3v) is 4.20. The van der Waals surface area contributed by atoms with E-state index in [-0.39, 0.29) is 5.78 Å². The van der Waals surface area contributed by atoms with Crippen LogP contribution >= 0.6 is 0 Å². The average Bonchev–Trinajstić information content (AvgIpc) is 2.81. The molecule has 1 heterocycles. The van der Waals surface area contributed by atoms with Gasteiger partial charge in [-0.25, -0.2) is 9.13 Å². The molecule has 0 bridgehead atoms. The lowest BCUT2D eigenvalue weighted by Gasteiger charge is -2.04. The highest BCUT2D eigenvalue weighted by atomic mass is 16.5. The van der Waals surface area contributed by atoms with E-state index >= 15 is 0 Å². The Labute approximate surface area is 135 Å². The molecule has 0 atom stereocenters. The third-order valence-electron chi connectivity index (χ3n) is 4.20. The zero-order valence-corrected chi connectivity index (χ0v) is 13.7. The molecule has 0 fully saturated rings. The molecule has 0 aliphatic rings. The predicted molar refractivity (Wildman–Crippen MR) is 89.8 cm³/mol. The minimum atomic E-state index is 0.0949. The molecule has 0 aliphatic heterocycles. The fourth-order valence-electron chi connectivity index (χ4n) is 2.84. The summed E-state index contributed by atoms with van der Waals surface area (Å²) < 4.78 is 9.59. The lowest BCUT2D eigenvalue weighted by atomic mass is 10.1. The van der Waals surface area contributed by atoms with E-state index in [1.54, 1.807) is 0 Å². The van der Waals surface area contributed by atoms with Crippen LogP contribution < -0.4 is 9.30 Å². The molecule has 0 saturated heterocycles. The zero-order chi connectivity index (χ0) is 16.4. The lowest BCUT2D eigenvalue weighted by molar-refractivity contribution is -0.652. The number of aromatic nitrogens is 2. The topological polar surface area (TPSA) is 35.1 Å². The van der Waals surface area contributed by atoms with Crippen LogP contribution in [0, 0.1) is 6.92 Å². The van der Waals surface area contributed by atoms with Crippen molar-refractivity contribution in [1.82, 2.24) is 4.57 Å². The van der Waals surface area contributed by atoms with E-state index in [0.717, 1.165) is 22.6 Å².